The van der Waals surface area contributed by atoms with Gasteiger partial charge in [-0.25, -0.2) is 14.6 Å². The predicted molar refractivity (Wildman–Crippen MR) is 106 cm³/mol. The van der Waals surface area contributed by atoms with Crippen molar-refractivity contribution < 1.29 is 24.5 Å². The maximum Gasteiger partial charge on any atom is 0.358 e. The second kappa shape index (κ2) is 8.44. The lowest BCUT2D eigenvalue weighted by Gasteiger charge is -2.10. The van der Waals surface area contributed by atoms with Crippen molar-refractivity contribution in [1.82, 2.24) is 15.3 Å². The number of aromatic nitrogens is 2. The third-order valence-electron chi connectivity index (χ3n) is 3.85. The molecule has 2 aromatic heterocycles. The Morgan fingerprint density at radius 3 is 2.83 bits per heavy atom. The number of methoxy groups -OCH3 is 1. The van der Waals surface area contributed by atoms with Gasteiger partial charge in [-0.15, -0.1) is 11.3 Å². The van der Waals surface area contributed by atoms with E-state index in [2.05, 4.69) is 20.6 Å². The van der Waals surface area contributed by atoms with Crippen LogP contribution in [0.1, 0.15) is 16.1 Å². The fourth-order valence-electron chi connectivity index (χ4n) is 2.45. The summed E-state index contributed by atoms with van der Waals surface area (Å²) in [5.74, 6) is -1.95. The molecule has 0 aliphatic carbocycles. The smallest absolute Gasteiger partial charge is 0.358 e. The van der Waals surface area contributed by atoms with Crippen LogP contribution in [0, 0.1) is 0 Å². The summed E-state index contributed by atoms with van der Waals surface area (Å²) >= 11 is 1.22. The van der Waals surface area contributed by atoms with E-state index >= 15 is 0 Å². The highest BCUT2D eigenvalue weighted by molar-refractivity contribution is 7.08. The monoisotopic (exact) mass is 416 g/mol. The minimum Gasteiger partial charge on any atom is -0.501 e. The second-order valence-corrected chi connectivity index (χ2v) is 6.52. The lowest BCUT2D eigenvalue weighted by Crippen LogP contribution is -2.28. The number of carbonyl (C=O) groups excluding carboxylic acids is 1. The van der Waals surface area contributed by atoms with Gasteiger partial charge in [0.1, 0.15) is 11.6 Å². The van der Waals surface area contributed by atoms with E-state index in [1.165, 1.54) is 11.3 Å². The minimum atomic E-state index is -1.55. The first kappa shape index (κ1) is 19.9. The van der Waals surface area contributed by atoms with Gasteiger partial charge in [-0.05, 0) is 17.7 Å². The summed E-state index contributed by atoms with van der Waals surface area (Å²) < 4.78 is 5.13. The molecule has 3 rings (SSSR count). The number of nitrogens with one attached hydrogen (secondary N) is 3. The molecule has 0 saturated carbocycles. The highest BCUT2D eigenvalue weighted by Crippen LogP contribution is 2.29. The van der Waals surface area contributed by atoms with Crippen molar-refractivity contribution in [2.75, 3.05) is 12.4 Å². The van der Waals surface area contributed by atoms with Crippen LogP contribution in [0.25, 0.3) is 11.4 Å². The van der Waals surface area contributed by atoms with Crippen molar-refractivity contribution >= 4 is 29.0 Å². The molecule has 0 aliphatic rings. The Kier molecular flexibility index (Phi) is 5.79. The summed E-state index contributed by atoms with van der Waals surface area (Å²) in [5.41, 5.74) is -0.300. The number of hydrogen-bond donors (Lipinski definition) is 5. The zero-order valence-electron chi connectivity index (χ0n) is 15.1. The number of carbonyl (C=O) groups is 2. The number of thiophene rings is 1. The zero-order valence-corrected chi connectivity index (χ0v) is 15.9. The molecule has 3 aromatic rings. The van der Waals surface area contributed by atoms with Crippen molar-refractivity contribution in [3.05, 3.63) is 56.6 Å². The average Bonchev–Trinajstić information content (AvgIpc) is 3.16. The number of carboxylic acid groups (broad SMARTS) is 1. The molecule has 1 aromatic carbocycles. The molecule has 150 valence electrons. The molecule has 0 unspecified atom stereocenters. The molecule has 0 spiro atoms. The molecule has 2 heterocycles. The fraction of sp³-hybridized carbons (Fsp3) is 0.111. The number of urea groups is 1. The fourth-order valence-corrected chi connectivity index (χ4v) is 3.22. The van der Waals surface area contributed by atoms with Gasteiger partial charge in [0, 0.05) is 17.3 Å². The molecule has 29 heavy (non-hydrogen) atoms. The average molecular weight is 416 g/mol. The van der Waals surface area contributed by atoms with Crippen LogP contribution >= 0.6 is 11.3 Å². The Labute approximate surface area is 167 Å². The first-order chi connectivity index (χ1) is 13.9. The van der Waals surface area contributed by atoms with E-state index < -0.39 is 29.0 Å². The van der Waals surface area contributed by atoms with E-state index in [4.69, 9.17) is 9.84 Å². The third-order valence-corrected chi connectivity index (χ3v) is 4.59. The molecule has 0 atom stereocenters. The van der Waals surface area contributed by atoms with Gasteiger partial charge in [0.15, 0.2) is 5.69 Å². The first-order valence-corrected chi connectivity index (χ1v) is 9.14. The number of ether oxygens (including phenoxy) is 1. The number of aromatic amines is 1. The van der Waals surface area contributed by atoms with Crippen molar-refractivity contribution in [3.8, 4) is 22.9 Å². The molecule has 5 N–H and O–H groups in total. The van der Waals surface area contributed by atoms with Crippen LogP contribution in [-0.4, -0.2) is 39.3 Å². The number of carboxylic acids is 1. The quantitative estimate of drug-likeness (QED) is 0.413. The molecule has 0 fully saturated rings. The second-order valence-electron chi connectivity index (χ2n) is 5.78. The number of H-pyrrole nitrogens is 1. The van der Waals surface area contributed by atoms with Crippen LogP contribution in [0.5, 0.6) is 11.5 Å². The SMILES string of the molecule is COc1cccc(CNC(=O)Nc2cscc2-c2nc(C(=O)O)c(O)c(=O)[nH]2)c1. The number of aromatic carboxylic acids is 1. The van der Waals surface area contributed by atoms with Gasteiger partial charge in [-0.2, -0.15) is 0 Å². The molecule has 0 bridgehead atoms. The van der Waals surface area contributed by atoms with E-state index in [-0.39, 0.29) is 12.4 Å². The molecule has 0 aliphatic heterocycles. The van der Waals surface area contributed by atoms with Crippen molar-refractivity contribution in [3.63, 3.8) is 0 Å². The van der Waals surface area contributed by atoms with Crippen LogP contribution < -0.4 is 20.9 Å². The molecule has 10 nitrogen and oxygen atoms in total. The van der Waals surface area contributed by atoms with Crippen LogP contribution in [0.2, 0.25) is 0 Å². The Bertz CT molecular complexity index is 1120. The highest BCUT2D eigenvalue weighted by Gasteiger charge is 2.19. The summed E-state index contributed by atoms with van der Waals surface area (Å²) in [4.78, 5) is 41.3. The number of anilines is 1. The van der Waals surface area contributed by atoms with Gasteiger partial charge in [0.2, 0.25) is 5.75 Å². The number of hydrogen-bond acceptors (Lipinski definition) is 7. The lowest BCUT2D eigenvalue weighted by molar-refractivity contribution is 0.0686. The molecule has 0 saturated heterocycles. The Morgan fingerprint density at radius 1 is 1.31 bits per heavy atom. The number of amides is 2. The number of rotatable bonds is 6. The van der Waals surface area contributed by atoms with Crippen LogP contribution in [0.4, 0.5) is 10.5 Å². The van der Waals surface area contributed by atoms with Gasteiger partial charge in [0.05, 0.1) is 18.4 Å². The Morgan fingerprint density at radius 2 is 2.10 bits per heavy atom. The van der Waals surface area contributed by atoms with E-state index in [0.29, 0.717) is 17.0 Å². The minimum absolute atomic E-state index is 0.0884. The lowest BCUT2D eigenvalue weighted by atomic mass is 10.2. The molecule has 0 radical (unpaired) electrons. The summed E-state index contributed by atoms with van der Waals surface area (Å²) in [6.07, 6.45) is 0. The maximum atomic E-state index is 12.2. The van der Waals surface area contributed by atoms with Gasteiger partial charge in [0.25, 0.3) is 5.56 Å². The predicted octanol–water partition coefficient (Wildman–Crippen LogP) is 2.23. The van der Waals surface area contributed by atoms with E-state index in [1.54, 1.807) is 36.1 Å². The van der Waals surface area contributed by atoms with Gasteiger partial charge < -0.3 is 30.6 Å². The highest BCUT2D eigenvalue weighted by atomic mass is 32.1. The summed E-state index contributed by atoms with van der Waals surface area (Å²) in [7, 11) is 1.55. The van der Waals surface area contributed by atoms with Gasteiger partial charge >= 0.3 is 12.0 Å². The maximum absolute atomic E-state index is 12.2. The van der Waals surface area contributed by atoms with E-state index in [0.717, 1.165) is 5.56 Å². The van der Waals surface area contributed by atoms with Crippen LogP contribution in [0.3, 0.4) is 0 Å². The topological polar surface area (TPSA) is 154 Å². The standard InChI is InChI=1S/C18H16N4O6S/c1-28-10-4-2-3-9(5-10)6-19-18(27)20-12-8-29-7-11(12)15-21-13(17(25)26)14(23)16(24)22-15/h2-5,7-8,23H,6H2,1H3,(H,25,26)(H2,19,20,27)(H,21,22,24). The zero-order chi connectivity index (χ0) is 21.0. The van der Waals surface area contributed by atoms with E-state index in [9.17, 15) is 19.5 Å². The first-order valence-electron chi connectivity index (χ1n) is 8.20. The third kappa shape index (κ3) is 4.52. The summed E-state index contributed by atoms with van der Waals surface area (Å²) in [5, 5.41) is 27.1. The number of benzene rings is 1. The Balaban J connectivity index is 1.76. The van der Waals surface area contributed by atoms with E-state index in [1.807, 2.05) is 6.07 Å². The molecule has 11 heteroatoms. The van der Waals surface area contributed by atoms with Crippen molar-refractivity contribution in [2.45, 2.75) is 6.54 Å². The summed E-state index contributed by atoms with van der Waals surface area (Å²) in [6, 6.07) is 6.70. The normalized spacial score (nSPS) is 10.4. The largest absolute Gasteiger partial charge is 0.501 e. The molecular weight excluding hydrogens is 400 g/mol. The van der Waals surface area contributed by atoms with Crippen LogP contribution in [-0.2, 0) is 6.54 Å². The van der Waals surface area contributed by atoms with Gasteiger partial charge in [-0.1, -0.05) is 12.1 Å². The van der Waals surface area contributed by atoms with Gasteiger partial charge in [-0.3, -0.25) is 4.79 Å². The Hall–Kier alpha value is -3.86. The van der Waals surface area contributed by atoms with Crippen LogP contribution in [0.15, 0.2) is 39.8 Å². The molecular formula is C18H16N4O6S. The molecule has 2 amide bonds. The number of aromatic hydroxyl groups is 1. The number of nitrogens with zero attached hydrogens (tertiary/aromatic N) is 1. The van der Waals surface area contributed by atoms with Crippen molar-refractivity contribution in [1.29, 1.82) is 0 Å². The summed E-state index contributed by atoms with van der Waals surface area (Å²) in [6.45, 7) is 0.250. The van der Waals surface area contributed by atoms with Crippen molar-refractivity contribution in [2.24, 2.45) is 0 Å².